The third-order valence-electron chi connectivity index (χ3n) is 2.84. The molecule has 0 N–H and O–H groups in total. The fourth-order valence-corrected chi connectivity index (χ4v) is 1.76. The van der Waals surface area contributed by atoms with Crippen molar-refractivity contribution in [3.63, 3.8) is 0 Å². The van der Waals surface area contributed by atoms with Crippen molar-refractivity contribution < 1.29 is 0 Å². The maximum absolute atomic E-state index is 4.54. The molecule has 0 radical (unpaired) electrons. The monoisotopic (exact) mass is 205 g/mol. The third-order valence-corrected chi connectivity index (χ3v) is 2.84. The number of aromatic nitrogens is 1. The number of pyridine rings is 1. The molecule has 0 spiro atoms. The van der Waals surface area contributed by atoms with Crippen LogP contribution < -0.4 is 9.80 Å². The molecule has 0 amide bonds. The van der Waals surface area contributed by atoms with Gasteiger partial charge in [-0.25, -0.2) is 0 Å². The van der Waals surface area contributed by atoms with E-state index < -0.39 is 0 Å². The van der Waals surface area contributed by atoms with Gasteiger partial charge in [0.1, 0.15) is 0 Å². The van der Waals surface area contributed by atoms with E-state index in [0.717, 1.165) is 5.92 Å². The highest BCUT2D eigenvalue weighted by molar-refractivity contribution is 5.70. The zero-order chi connectivity index (χ0) is 11.0. The summed E-state index contributed by atoms with van der Waals surface area (Å²) in [5.74, 6) is 0.722. The summed E-state index contributed by atoms with van der Waals surface area (Å²) >= 11 is 0. The largest absolute Gasteiger partial charge is 0.376 e. The minimum atomic E-state index is 0.722. The molecule has 0 aromatic carbocycles. The first-order chi connectivity index (χ1) is 7.09. The van der Waals surface area contributed by atoms with Crippen molar-refractivity contribution in [2.45, 2.75) is 18.8 Å². The highest BCUT2D eigenvalue weighted by Gasteiger charge is 2.26. The van der Waals surface area contributed by atoms with Gasteiger partial charge in [0.2, 0.25) is 0 Å². The van der Waals surface area contributed by atoms with Gasteiger partial charge in [0, 0.05) is 39.8 Å². The first-order valence-electron chi connectivity index (χ1n) is 5.44. The molecule has 82 valence electrons. The van der Waals surface area contributed by atoms with E-state index in [9.17, 15) is 0 Å². The molecule has 3 nitrogen and oxygen atoms in total. The highest BCUT2D eigenvalue weighted by atomic mass is 15.1. The Balaban J connectivity index is 2.39. The summed E-state index contributed by atoms with van der Waals surface area (Å²) < 4.78 is 0. The summed E-state index contributed by atoms with van der Waals surface area (Å²) in [5.41, 5.74) is 3.70. The van der Waals surface area contributed by atoms with Gasteiger partial charge in [-0.05, 0) is 18.9 Å². The second-order valence-electron chi connectivity index (χ2n) is 4.66. The topological polar surface area (TPSA) is 19.4 Å². The first kappa shape index (κ1) is 10.3. The van der Waals surface area contributed by atoms with Crippen LogP contribution in [0.1, 0.15) is 24.5 Å². The Morgan fingerprint density at radius 2 is 1.67 bits per heavy atom. The van der Waals surface area contributed by atoms with Gasteiger partial charge in [-0.2, -0.15) is 0 Å². The molecule has 1 fully saturated rings. The second kappa shape index (κ2) is 3.72. The standard InChI is InChI=1S/C12H19N3/c1-14(2)11-7-10(9-5-6-9)13-8-12(11)15(3)4/h7-9H,5-6H2,1-4H3. The fourth-order valence-electron chi connectivity index (χ4n) is 1.76. The molecule has 15 heavy (non-hydrogen) atoms. The summed E-state index contributed by atoms with van der Waals surface area (Å²) in [4.78, 5) is 8.80. The van der Waals surface area contributed by atoms with Crippen molar-refractivity contribution >= 4 is 11.4 Å². The number of nitrogens with zero attached hydrogens (tertiary/aromatic N) is 3. The van der Waals surface area contributed by atoms with Crippen molar-refractivity contribution in [2.24, 2.45) is 0 Å². The maximum Gasteiger partial charge on any atom is 0.0785 e. The Morgan fingerprint density at radius 3 is 2.13 bits per heavy atom. The van der Waals surface area contributed by atoms with E-state index in [4.69, 9.17) is 0 Å². The number of rotatable bonds is 3. The molecule has 1 saturated carbocycles. The zero-order valence-electron chi connectivity index (χ0n) is 9.99. The second-order valence-corrected chi connectivity index (χ2v) is 4.66. The first-order valence-corrected chi connectivity index (χ1v) is 5.44. The van der Waals surface area contributed by atoms with Crippen molar-refractivity contribution in [1.29, 1.82) is 0 Å². The number of anilines is 2. The lowest BCUT2D eigenvalue weighted by Crippen LogP contribution is -2.17. The SMILES string of the molecule is CN(C)c1cnc(C2CC2)cc1N(C)C. The predicted molar refractivity (Wildman–Crippen MR) is 64.9 cm³/mol. The quantitative estimate of drug-likeness (QED) is 0.753. The van der Waals surface area contributed by atoms with Crippen molar-refractivity contribution in [3.8, 4) is 0 Å². The molecule has 0 bridgehead atoms. The van der Waals surface area contributed by atoms with E-state index in [1.165, 1.54) is 29.9 Å². The molecule has 1 aromatic rings. The normalized spacial score (nSPS) is 15.2. The molecule has 1 aromatic heterocycles. The van der Waals surface area contributed by atoms with Crippen LogP contribution in [0.2, 0.25) is 0 Å². The average Bonchev–Trinajstić information content (AvgIpc) is 2.99. The lowest BCUT2D eigenvalue weighted by atomic mass is 10.2. The van der Waals surface area contributed by atoms with E-state index >= 15 is 0 Å². The molecule has 0 unspecified atom stereocenters. The Labute approximate surface area is 91.7 Å². The Bertz CT molecular complexity index is 354. The van der Waals surface area contributed by atoms with E-state index in [1.54, 1.807) is 0 Å². The van der Waals surface area contributed by atoms with Crippen molar-refractivity contribution in [1.82, 2.24) is 4.98 Å². The van der Waals surface area contributed by atoms with Gasteiger partial charge < -0.3 is 9.80 Å². The van der Waals surface area contributed by atoms with Gasteiger partial charge in [-0.1, -0.05) is 0 Å². The van der Waals surface area contributed by atoms with E-state index in [-0.39, 0.29) is 0 Å². The highest BCUT2D eigenvalue weighted by Crippen LogP contribution is 2.41. The van der Waals surface area contributed by atoms with Crippen LogP contribution in [0.5, 0.6) is 0 Å². The van der Waals surface area contributed by atoms with E-state index in [0.29, 0.717) is 0 Å². The van der Waals surface area contributed by atoms with Crippen LogP contribution in [0.25, 0.3) is 0 Å². The van der Waals surface area contributed by atoms with Gasteiger partial charge in [-0.3, -0.25) is 4.98 Å². The van der Waals surface area contributed by atoms with Crippen LogP contribution in [0, 0.1) is 0 Å². The Hall–Kier alpha value is -1.25. The van der Waals surface area contributed by atoms with Gasteiger partial charge in [0.05, 0.1) is 17.6 Å². The Kier molecular flexibility index (Phi) is 2.55. The van der Waals surface area contributed by atoms with Crippen LogP contribution >= 0.6 is 0 Å². The van der Waals surface area contributed by atoms with Crippen LogP contribution in [-0.2, 0) is 0 Å². The van der Waals surface area contributed by atoms with E-state index in [2.05, 4.69) is 49.0 Å². The fraction of sp³-hybridized carbons (Fsp3) is 0.583. The minimum absolute atomic E-state index is 0.722. The van der Waals surface area contributed by atoms with Crippen LogP contribution in [-0.4, -0.2) is 33.2 Å². The molecular formula is C12H19N3. The van der Waals surface area contributed by atoms with Gasteiger partial charge in [0.25, 0.3) is 0 Å². The molecular weight excluding hydrogens is 186 g/mol. The third kappa shape index (κ3) is 2.06. The van der Waals surface area contributed by atoms with Crippen LogP contribution in [0.15, 0.2) is 12.3 Å². The lowest BCUT2D eigenvalue weighted by molar-refractivity contribution is 0.988. The summed E-state index contributed by atoms with van der Waals surface area (Å²) in [6.07, 6.45) is 4.60. The molecule has 1 aliphatic carbocycles. The summed E-state index contributed by atoms with van der Waals surface area (Å²) in [6, 6.07) is 2.23. The minimum Gasteiger partial charge on any atom is -0.376 e. The van der Waals surface area contributed by atoms with Gasteiger partial charge in [-0.15, -0.1) is 0 Å². The van der Waals surface area contributed by atoms with E-state index in [1.807, 2.05) is 6.20 Å². The molecule has 0 saturated heterocycles. The summed E-state index contributed by atoms with van der Waals surface area (Å²) in [5, 5.41) is 0. The summed E-state index contributed by atoms with van der Waals surface area (Å²) in [6.45, 7) is 0. The lowest BCUT2D eigenvalue weighted by Gasteiger charge is -2.22. The zero-order valence-corrected chi connectivity index (χ0v) is 9.99. The number of hydrogen-bond acceptors (Lipinski definition) is 3. The molecule has 1 aliphatic rings. The van der Waals surface area contributed by atoms with Crippen LogP contribution in [0.3, 0.4) is 0 Å². The van der Waals surface area contributed by atoms with Crippen molar-refractivity contribution in [2.75, 3.05) is 38.0 Å². The van der Waals surface area contributed by atoms with Gasteiger partial charge >= 0.3 is 0 Å². The predicted octanol–water partition coefficient (Wildman–Crippen LogP) is 2.09. The Morgan fingerprint density at radius 1 is 1.07 bits per heavy atom. The molecule has 0 aliphatic heterocycles. The van der Waals surface area contributed by atoms with Crippen LogP contribution in [0.4, 0.5) is 11.4 Å². The van der Waals surface area contributed by atoms with Crippen molar-refractivity contribution in [3.05, 3.63) is 18.0 Å². The smallest absolute Gasteiger partial charge is 0.0785 e. The van der Waals surface area contributed by atoms with Gasteiger partial charge in [0.15, 0.2) is 0 Å². The molecule has 0 atom stereocenters. The molecule has 3 heteroatoms. The summed E-state index contributed by atoms with van der Waals surface area (Å²) in [7, 11) is 8.28. The maximum atomic E-state index is 4.54. The average molecular weight is 205 g/mol. The molecule has 2 rings (SSSR count). The molecule has 1 heterocycles. The number of hydrogen-bond donors (Lipinski definition) is 0.